The maximum absolute atomic E-state index is 13.8. The summed E-state index contributed by atoms with van der Waals surface area (Å²) >= 11 is 0.957. The molecule has 0 aliphatic carbocycles. The van der Waals surface area contributed by atoms with Crippen molar-refractivity contribution in [1.29, 1.82) is 0 Å². The maximum Gasteiger partial charge on any atom is 0.289 e. The zero-order valence-corrected chi connectivity index (χ0v) is 17.1. The van der Waals surface area contributed by atoms with Crippen LogP contribution in [0.4, 0.5) is 14.9 Å². The number of likely N-dealkylation sites (tertiary alicyclic amines) is 1. The Morgan fingerprint density at radius 2 is 1.73 bits per heavy atom. The van der Waals surface area contributed by atoms with Gasteiger partial charge >= 0.3 is 0 Å². The van der Waals surface area contributed by atoms with Crippen molar-refractivity contribution in [2.45, 2.75) is 10.9 Å². The first-order valence-corrected chi connectivity index (χ1v) is 11.4. The highest BCUT2D eigenvalue weighted by Gasteiger charge is 2.43. The van der Waals surface area contributed by atoms with Crippen molar-refractivity contribution in [3.05, 3.63) is 59.9 Å². The van der Waals surface area contributed by atoms with Gasteiger partial charge in [0.25, 0.3) is 21.2 Å². The second-order valence-electron chi connectivity index (χ2n) is 6.80. The molecule has 3 amide bonds. The van der Waals surface area contributed by atoms with E-state index in [-0.39, 0.29) is 47.6 Å². The van der Waals surface area contributed by atoms with Gasteiger partial charge in [-0.15, -0.1) is 0 Å². The Bertz CT molecular complexity index is 1120. The monoisotopic (exact) mass is 449 g/mol. The summed E-state index contributed by atoms with van der Waals surface area (Å²) in [5, 5.41) is -0.288. The number of rotatable bonds is 5. The molecule has 0 bridgehead atoms. The summed E-state index contributed by atoms with van der Waals surface area (Å²) in [5.41, 5.74) is 0.511. The maximum atomic E-state index is 13.8. The number of hydrogen-bond donors (Lipinski definition) is 1. The van der Waals surface area contributed by atoms with Gasteiger partial charge in [0.15, 0.2) is 0 Å². The van der Waals surface area contributed by atoms with Crippen LogP contribution in [0.5, 0.6) is 0 Å². The Morgan fingerprint density at radius 1 is 1.07 bits per heavy atom. The predicted octanol–water partition coefficient (Wildman–Crippen LogP) is 2.15. The SMILES string of the molecule is O=C(c1ccc(NS(=O)(=O)c2ccccc2F)cc1)N1CC(N2C(=O)CSC2=O)C1. The Balaban J connectivity index is 1.39. The molecule has 2 aliphatic rings. The number of nitrogens with one attached hydrogen (secondary N) is 1. The molecule has 0 radical (unpaired) electrons. The highest BCUT2D eigenvalue weighted by molar-refractivity contribution is 8.14. The number of carbonyl (C=O) groups is 3. The van der Waals surface area contributed by atoms with Gasteiger partial charge < -0.3 is 4.90 Å². The third kappa shape index (κ3) is 3.77. The molecule has 11 heteroatoms. The fraction of sp³-hybridized carbons (Fsp3) is 0.211. The number of sulfonamides is 1. The molecular formula is C19H16FN3O5S2. The molecule has 0 atom stereocenters. The van der Waals surface area contributed by atoms with Gasteiger partial charge in [-0.2, -0.15) is 0 Å². The lowest BCUT2D eigenvalue weighted by atomic mass is 10.0. The average molecular weight is 449 g/mol. The van der Waals surface area contributed by atoms with E-state index in [2.05, 4.69) is 4.72 Å². The van der Waals surface area contributed by atoms with Crippen LogP contribution in [0.1, 0.15) is 10.4 Å². The van der Waals surface area contributed by atoms with Gasteiger partial charge in [-0.25, -0.2) is 12.8 Å². The smallest absolute Gasteiger partial charge is 0.289 e. The topological polar surface area (TPSA) is 104 Å². The Morgan fingerprint density at radius 3 is 2.33 bits per heavy atom. The third-order valence-corrected chi connectivity index (χ3v) is 7.06. The second kappa shape index (κ2) is 7.73. The van der Waals surface area contributed by atoms with E-state index in [0.29, 0.717) is 5.56 Å². The van der Waals surface area contributed by atoms with Gasteiger partial charge in [-0.05, 0) is 36.4 Å². The van der Waals surface area contributed by atoms with Crippen molar-refractivity contribution in [3.63, 3.8) is 0 Å². The molecule has 0 spiro atoms. The minimum atomic E-state index is -4.11. The van der Waals surface area contributed by atoms with E-state index in [0.717, 1.165) is 23.9 Å². The third-order valence-electron chi connectivity index (χ3n) is 4.81. The van der Waals surface area contributed by atoms with Crippen molar-refractivity contribution in [1.82, 2.24) is 9.80 Å². The van der Waals surface area contributed by atoms with E-state index in [1.54, 1.807) is 0 Å². The van der Waals surface area contributed by atoms with Gasteiger partial charge in [0, 0.05) is 24.3 Å². The highest BCUT2D eigenvalue weighted by Crippen LogP contribution is 2.27. The zero-order chi connectivity index (χ0) is 21.5. The molecule has 30 heavy (non-hydrogen) atoms. The normalized spacial score (nSPS) is 17.2. The molecule has 1 N–H and O–H groups in total. The number of imide groups is 1. The van der Waals surface area contributed by atoms with Crippen LogP contribution in [0.25, 0.3) is 0 Å². The number of hydrogen-bond acceptors (Lipinski definition) is 6. The van der Waals surface area contributed by atoms with Crippen LogP contribution in [0.3, 0.4) is 0 Å². The van der Waals surface area contributed by atoms with Crippen LogP contribution < -0.4 is 4.72 Å². The molecule has 2 saturated heterocycles. The Hall–Kier alpha value is -2.92. The van der Waals surface area contributed by atoms with Gasteiger partial charge in [0.1, 0.15) is 10.7 Å². The summed E-state index contributed by atoms with van der Waals surface area (Å²) in [6.45, 7) is 0.525. The standard InChI is InChI=1S/C19H16FN3O5S2/c20-15-3-1-2-4-16(15)30(27,28)21-13-7-5-12(6-8-13)18(25)22-9-14(10-22)23-17(24)11-29-19(23)26/h1-8,14,21H,9-11H2. The first-order chi connectivity index (χ1) is 14.3. The number of thioether (sulfide) groups is 1. The molecule has 2 aromatic carbocycles. The summed E-state index contributed by atoms with van der Waals surface area (Å²) in [6.07, 6.45) is 0. The van der Waals surface area contributed by atoms with Gasteiger partial charge in [0.05, 0.1) is 11.8 Å². The molecule has 4 rings (SSSR count). The first kappa shape index (κ1) is 20.4. The minimum Gasteiger partial charge on any atom is -0.334 e. The quantitative estimate of drug-likeness (QED) is 0.750. The molecule has 2 heterocycles. The number of halogens is 1. The summed E-state index contributed by atoms with van der Waals surface area (Å²) in [4.78, 5) is 38.3. The number of carbonyl (C=O) groups excluding carboxylic acids is 3. The lowest BCUT2D eigenvalue weighted by Crippen LogP contribution is -2.62. The molecule has 2 aliphatic heterocycles. The fourth-order valence-corrected chi connectivity index (χ4v) is 5.15. The number of benzene rings is 2. The van der Waals surface area contributed by atoms with Gasteiger partial charge in [-0.3, -0.25) is 24.0 Å². The summed E-state index contributed by atoms with van der Waals surface area (Å²) in [6, 6.07) is 10.4. The van der Waals surface area contributed by atoms with Crippen molar-refractivity contribution in [3.8, 4) is 0 Å². The Kier molecular flexibility index (Phi) is 5.24. The van der Waals surface area contributed by atoms with Crippen molar-refractivity contribution in [2.75, 3.05) is 23.6 Å². The largest absolute Gasteiger partial charge is 0.334 e. The van der Waals surface area contributed by atoms with Crippen molar-refractivity contribution in [2.24, 2.45) is 0 Å². The van der Waals surface area contributed by atoms with Crippen LogP contribution in [0, 0.1) is 5.82 Å². The summed E-state index contributed by atoms with van der Waals surface area (Å²) < 4.78 is 40.7. The first-order valence-electron chi connectivity index (χ1n) is 8.92. The lowest BCUT2D eigenvalue weighted by Gasteiger charge is -2.42. The second-order valence-corrected chi connectivity index (χ2v) is 9.37. The molecule has 2 fully saturated rings. The van der Waals surface area contributed by atoms with E-state index in [1.807, 2.05) is 0 Å². The summed E-state index contributed by atoms with van der Waals surface area (Å²) in [5.74, 6) is -1.26. The number of nitrogens with zero attached hydrogens (tertiary/aromatic N) is 2. The highest BCUT2D eigenvalue weighted by atomic mass is 32.2. The molecule has 0 saturated carbocycles. The lowest BCUT2D eigenvalue weighted by molar-refractivity contribution is -0.128. The van der Waals surface area contributed by atoms with Crippen LogP contribution in [0.2, 0.25) is 0 Å². The zero-order valence-electron chi connectivity index (χ0n) is 15.4. The van der Waals surface area contributed by atoms with Crippen LogP contribution in [0.15, 0.2) is 53.4 Å². The van der Waals surface area contributed by atoms with E-state index < -0.39 is 20.7 Å². The molecular weight excluding hydrogens is 433 g/mol. The average Bonchev–Trinajstić information content (AvgIpc) is 3.00. The minimum absolute atomic E-state index is 0.132. The van der Waals surface area contributed by atoms with Crippen LogP contribution in [-0.4, -0.2) is 60.2 Å². The molecule has 2 aromatic rings. The molecule has 8 nitrogen and oxygen atoms in total. The predicted molar refractivity (Wildman–Crippen MR) is 108 cm³/mol. The Labute approximate surface area is 176 Å². The van der Waals surface area contributed by atoms with Gasteiger partial charge in [-0.1, -0.05) is 23.9 Å². The van der Waals surface area contributed by atoms with Crippen molar-refractivity contribution < 1.29 is 27.2 Å². The van der Waals surface area contributed by atoms with E-state index in [4.69, 9.17) is 0 Å². The van der Waals surface area contributed by atoms with E-state index in [9.17, 15) is 27.2 Å². The van der Waals surface area contributed by atoms with E-state index in [1.165, 1.54) is 46.2 Å². The molecule has 0 unspecified atom stereocenters. The van der Waals surface area contributed by atoms with Crippen LogP contribution >= 0.6 is 11.8 Å². The number of anilines is 1. The number of amides is 3. The molecule has 156 valence electrons. The van der Waals surface area contributed by atoms with E-state index >= 15 is 0 Å². The van der Waals surface area contributed by atoms with Crippen molar-refractivity contribution >= 4 is 44.5 Å². The van der Waals surface area contributed by atoms with Crippen LogP contribution in [-0.2, 0) is 14.8 Å². The molecule has 0 aromatic heterocycles. The van der Waals surface area contributed by atoms with Gasteiger partial charge in [0.2, 0.25) is 5.91 Å². The summed E-state index contributed by atoms with van der Waals surface area (Å²) in [7, 11) is -4.11. The fourth-order valence-electron chi connectivity index (χ4n) is 3.24.